The maximum Gasteiger partial charge on any atom is 0.0884 e. The first-order valence-corrected chi connectivity index (χ1v) is 5.57. The van der Waals surface area contributed by atoms with Crippen molar-refractivity contribution >= 4 is 35.7 Å². The highest BCUT2D eigenvalue weighted by Gasteiger charge is 1.50. The summed E-state index contributed by atoms with van der Waals surface area (Å²) in [5, 5.41) is 3.56. The minimum Gasteiger partial charge on any atom is -0.158 e. The Kier molecular flexibility index (Phi) is 6.06. The molecule has 0 N–H and O–H groups in total. The summed E-state index contributed by atoms with van der Waals surface area (Å²) in [5.74, 6) is 0. The first-order chi connectivity index (χ1) is 2.91. The van der Waals surface area contributed by atoms with Crippen molar-refractivity contribution in [3.05, 3.63) is 0 Å². The standard InChI is InChI=1S/C2H5IN2S/c1-2-4-5-3-6/h2H,1H3,(H,5,6)/b4-2+. The molecule has 0 aromatic carbocycles. The summed E-state index contributed by atoms with van der Waals surface area (Å²) in [7, 11) is 3.88. The van der Waals surface area contributed by atoms with Gasteiger partial charge in [0.1, 0.15) is 0 Å². The topological polar surface area (TPSA) is 24.7 Å². The van der Waals surface area contributed by atoms with Crippen LogP contribution < -0.4 is 0 Å². The molecule has 0 saturated heterocycles. The second-order valence-electron chi connectivity index (χ2n) is 0.525. The number of hydrogen-bond acceptors (Lipinski definition) is 2. The van der Waals surface area contributed by atoms with Gasteiger partial charge in [-0.2, -0.15) is 5.10 Å². The van der Waals surface area contributed by atoms with Crippen LogP contribution in [-0.2, 0) is 0 Å². The molecule has 0 aromatic rings. The van der Waals surface area contributed by atoms with Gasteiger partial charge in [0.2, 0.25) is 0 Å². The highest BCUT2D eigenvalue weighted by molar-refractivity contribution is 14.2. The Balaban J connectivity index is 3.07. The molecule has 0 heterocycles. The first-order valence-electron chi connectivity index (χ1n) is 1.37. The average Bonchev–Trinajstić information content (AvgIpc) is 1.61. The normalized spacial score (nSPS) is 13.0. The van der Waals surface area contributed by atoms with E-state index >= 15 is 0 Å². The van der Waals surface area contributed by atoms with Crippen LogP contribution in [0.1, 0.15) is 6.92 Å². The molecule has 36 valence electrons. The van der Waals surface area contributed by atoms with E-state index < -0.39 is 0 Å². The lowest BCUT2D eigenvalue weighted by Gasteiger charge is -1.62. The van der Waals surface area contributed by atoms with Crippen molar-refractivity contribution in [2.24, 2.45) is 8.36 Å². The van der Waals surface area contributed by atoms with Crippen LogP contribution in [0.5, 0.6) is 0 Å². The lowest BCUT2D eigenvalue weighted by Crippen LogP contribution is -1.45. The maximum absolute atomic E-state index is 3.88. The second kappa shape index (κ2) is 5.55. The molecule has 0 saturated carbocycles. The Morgan fingerprint density at radius 1 is 1.83 bits per heavy atom. The van der Waals surface area contributed by atoms with Gasteiger partial charge in [0.15, 0.2) is 0 Å². The molecule has 0 atom stereocenters. The average molecular weight is 216 g/mol. The molecule has 0 unspecified atom stereocenters. The minimum atomic E-state index is -0.277. The predicted molar refractivity (Wildman–Crippen MR) is 39.6 cm³/mol. The van der Waals surface area contributed by atoms with Gasteiger partial charge in [-0.05, 0) is 6.92 Å². The summed E-state index contributed by atoms with van der Waals surface area (Å²) in [4.78, 5) is 0. The summed E-state index contributed by atoms with van der Waals surface area (Å²) in [6.45, 7) is 1.83. The van der Waals surface area contributed by atoms with Gasteiger partial charge in [-0.15, -0.1) is 3.25 Å². The molecular formula is C2H5IN2S. The molecule has 0 fully saturated rings. The van der Waals surface area contributed by atoms with E-state index in [1.165, 1.54) is 0 Å². The molecule has 0 aromatic heterocycles. The molecular weight excluding hydrogens is 211 g/mol. The Labute approximate surface area is 51.0 Å². The number of rotatable bonds is 1. The maximum atomic E-state index is 3.88. The minimum absolute atomic E-state index is 0.277. The van der Waals surface area contributed by atoms with Crippen molar-refractivity contribution in [1.82, 2.24) is 0 Å². The highest BCUT2D eigenvalue weighted by atomic mass is 127. The van der Waals surface area contributed by atoms with Crippen LogP contribution in [0.2, 0.25) is 0 Å². The van der Waals surface area contributed by atoms with E-state index in [1.54, 1.807) is 6.21 Å². The fraction of sp³-hybridized carbons (Fsp3) is 0.500. The van der Waals surface area contributed by atoms with E-state index in [9.17, 15) is 0 Å². The van der Waals surface area contributed by atoms with Gasteiger partial charge in [0, 0.05) is 6.21 Å². The van der Waals surface area contributed by atoms with Crippen molar-refractivity contribution < 1.29 is 0 Å². The molecule has 0 aliphatic carbocycles. The largest absolute Gasteiger partial charge is 0.158 e. The van der Waals surface area contributed by atoms with Crippen molar-refractivity contribution in [2.45, 2.75) is 6.92 Å². The zero-order valence-electron chi connectivity index (χ0n) is 3.30. The van der Waals surface area contributed by atoms with E-state index in [1.807, 2.05) is 6.92 Å². The quantitative estimate of drug-likeness (QED) is 0.300. The fourth-order valence-electron chi connectivity index (χ4n) is 0.0632. The smallest absolute Gasteiger partial charge is 0.0884 e. The van der Waals surface area contributed by atoms with Crippen molar-refractivity contribution in [2.75, 3.05) is 0 Å². The lowest BCUT2D eigenvalue weighted by atomic mass is 10.9. The van der Waals surface area contributed by atoms with Gasteiger partial charge in [-0.25, -0.2) is 0 Å². The molecule has 0 amide bonds. The summed E-state index contributed by atoms with van der Waals surface area (Å²) < 4.78 is 3.63. The Bertz CT molecular complexity index is 59.9. The number of nitrogens with zero attached hydrogens (tertiary/aromatic N) is 2. The van der Waals surface area contributed by atoms with Gasteiger partial charge in [0.05, 0.1) is 19.6 Å². The van der Waals surface area contributed by atoms with Gasteiger partial charge >= 0.3 is 0 Å². The van der Waals surface area contributed by atoms with Gasteiger partial charge in [0.25, 0.3) is 0 Å². The number of hydrogen-bond donors (Lipinski definition) is 1. The number of thiol groups is 1. The molecule has 0 aliphatic heterocycles. The third-order valence-corrected chi connectivity index (χ3v) is 1.09. The predicted octanol–water partition coefficient (Wildman–Crippen LogP) is 1.99. The van der Waals surface area contributed by atoms with Crippen LogP contribution >= 0.6 is 29.4 Å². The van der Waals surface area contributed by atoms with Crippen molar-refractivity contribution in [3.8, 4) is 0 Å². The van der Waals surface area contributed by atoms with E-state index in [-0.39, 0.29) is 19.6 Å². The SMILES string of the molecule is C/C=N/N=I/S. The van der Waals surface area contributed by atoms with Crippen LogP contribution in [0, 0.1) is 0 Å². The van der Waals surface area contributed by atoms with E-state index in [0.717, 1.165) is 0 Å². The summed E-state index contributed by atoms with van der Waals surface area (Å²) in [6.07, 6.45) is 1.65. The molecule has 4 heteroatoms. The van der Waals surface area contributed by atoms with Gasteiger partial charge < -0.3 is 0 Å². The first kappa shape index (κ1) is 6.55. The van der Waals surface area contributed by atoms with Crippen molar-refractivity contribution in [1.29, 1.82) is 0 Å². The Morgan fingerprint density at radius 3 is 2.67 bits per heavy atom. The van der Waals surface area contributed by atoms with Crippen LogP contribution in [0.15, 0.2) is 8.36 Å². The number of halogens is 1. The third-order valence-electron chi connectivity index (χ3n) is 0.193. The molecule has 0 radical (unpaired) electrons. The molecule has 0 spiro atoms. The van der Waals surface area contributed by atoms with Crippen LogP contribution in [-0.4, -0.2) is 6.21 Å². The molecule has 6 heavy (non-hydrogen) atoms. The van der Waals surface area contributed by atoms with Gasteiger partial charge in [-0.3, -0.25) is 0 Å². The second-order valence-corrected chi connectivity index (χ2v) is 2.40. The zero-order chi connectivity index (χ0) is 4.83. The summed E-state index contributed by atoms with van der Waals surface area (Å²) in [5.41, 5.74) is 0. The van der Waals surface area contributed by atoms with Crippen molar-refractivity contribution in [3.63, 3.8) is 0 Å². The summed E-state index contributed by atoms with van der Waals surface area (Å²) in [6, 6.07) is 0. The fourth-order valence-corrected chi connectivity index (χ4v) is 0.686. The molecule has 0 aliphatic rings. The Hall–Kier alpha value is 0.550. The zero-order valence-corrected chi connectivity index (χ0v) is 6.35. The Morgan fingerprint density at radius 2 is 2.50 bits per heavy atom. The molecule has 2 nitrogen and oxygen atoms in total. The molecule has 0 bridgehead atoms. The van der Waals surface area contributed by atoms with Crippen LogP contribution in [0.25, 0.3) is 0 Å². The van der Waals surface area contributed by atoms with E-state index in [0.29, 0.717) is 0 Å². The monoisotopic (exact) mass is 216 g/mol. The lowest BCUT2D eigenvalue weighted by molar-refractivity contribution is 1.32. The highest BCUT2D eigenvalue weighted by Crippen LogP contribution is 2.03. The third kappa shape index (κ3) is 4.55. The van der Waals surface area contributed by atoms with Crippen LogP contribution in [0.3, 0.4) is 0 Å². The van der Waals surface area contributed by atoms with E-state index in [2.05, 4.69) is 18.2 Å². The summed E-state index contributed by atoms with van der Waals surface area (Å²) >= 11 is -0.277. The molecule has 0 rings (SSSR count). The van der Waals surface area contributed by atoms with E-state index in [4.69, 9.17) is 0 Å². The van der Waals surface area contributed by atoms with Crippen LogP contribution in [0.4, 0.5) is 0 Å². The van der Waals surface area contributed by atoms with Gasteiger partial charge in [-0.1, -0.05) is 9.80 Å².